The van der Waals surface area contributed by atoms with Crippen molar-refractivity contribution in [1.82, 2.24) is 0 Å². The van der Waals surface area contributed by atoms with E-state index in [0.717, 1.165) is 16.7 Å². The predicted molar refractivity (Wildman–Crippen MR) is 155 cm³/mol. The molecule has 7 aromatic carbocycles. The highest BCUT2D eigenvalue weighted by Gasteiger charge is 2.32. The van der Waals surface area contributed by atoms with E-state index in [-0.39, 0.29) is 16.3 Å². The lowest BCUT2D eigenvalue weighted by Crippen LogP contribution is -2.06. The number of fused-ring (bicyclic) bond motifs is 3. The molecule has 0 saturated heterocycles. The number of halogens is 7. The lowest BCUT2D eigenvalue weighted by molar-refractivity contribution is 0.411. The lowest BCUT2D eigenvalue weighted by Gasteiger charge is -2.20. The van der Waals surface area contributed by atoms with Gasteiger partial charge in [0.15, 0.2) is 40.7 Å². The summed E-state index contributed by atoms with van der Waals surface area (Å²) in [5.41, 5.74) is 2.43. The van der Waals surface area contributed by atoms with Crippen molar-refractivity contribution in [3.63, 3.8) is 0 Å². The second-order valence-electron chi connectivity index (χ2n) is 10.1. The predicted octanol–water partition coefficient (Wildman–Crippen LogP) is 11.1. The fourth-order valence-electron chi connectivity index (χ4n) is 5.90. The third-order valence-corrected chi connectivity index (χ3v) is 7.80. The van der Waals surface area contributed by atoms with E-state index in [9.17, 15) is 17.6 Å². The van der Waals surface area contributed by atoms with Crippen molar-refractivity contribution in [2.75, 3.05) is 0 Å². The normalized spacial score (nSPS) is 11.6. The summed E-state index contributed by atoms with van der Waals surface area (Å²) in [6.45, 7) is 0. The molecule has 7 aromatic rings. The van der Waals surface area contributed by atoms with Crippen LogP contribution in [-0.4, -0.2) is 0 Å². The summed E-state index contributed by atoms with van der Waals surface area (Å²) in [6.07, 6.45) is 0. The second-order valence-corrected chi connectivity index (χ2v) is 10.1. The molecule has 0 atom stereocenters. The highest BCUT2D eigenvalue weighted by atomic mass is 19.2. The maximum Gasteiger partial charge on any atom is 0.198 e. The van der Waals surface area contributed by atoms with Gasteiger partial charge in [-0.2, -0.15) is 0 Å². The van der Waals surface area contributed by atoms with Crippen molar-refractivity contribution in [2.45, 2.75) is 0 Å². The smallest absolute Gasteiger partial charge is 0.198 e. The molecule has 0 unspecified atom stereocenters. The fourth-order valence-corrected chi connectivity index (χ4v) is 5.90. The highest BCUT2D eigenvalue weighted by Crippen LogP contribution is 2.48. The van der Waals surface area contributed by atoms with Crippen molar-refractivity contribution in [2.24, 2.45) is 0 Å². The second kappa shape index (κ2) is 9.98. The topological polar surface area (TPSA) is 0 Å². The summed E-state index contributed by atoms with van der Waals surface area (Å²) >= 11 is 0. The van der Waals surface area contributed by atoms with Gasteiger partial charge in [-0.15, -0.1) is 0 Å². The maximum atomic E-state index is 15.8. The zero-order valence-corrected chi connectivity index (χ0v) is 22.0. The molecule has 43 heavy (non-hydrogen) atoms. The third-order valence-electron chi connectivity index (χ3n) is 7.80. The van der Waals surface area contributed by atoms with Crippen LogP contribution in [0.4, 0.5) is 30.7 Å². The first-order chi connectivity index (χ1) is 20.8. The van der Waals surface area contributed by atoms with Crippen LogP contribution >= 0.6 is 0 Å². The van der Waals surface area contributed by atoms with Gasteiger partial charge in [0.2, 0.25) is 0 Å². The summed E-state index contributed by atoms with van der Waals surface area (Å²) in [5, 5.41) is -1.13. The van der Waals surface area contributed by atoms with E-state index in [1.807, 2.05) is 54.6 Å². The molecule has 7 rings (SSSR count). The molecule has 0 amide bonds. The Balaban J connectivity index is 1.63. The summed E-state index contributed by atoms with van der Waals surface area (Å²) in [6, 6.07) is 30.7. The van der Waals surface area contributed by atoms with Crippen LogP contribution in [0.2, 0.25) is 0 Å². The Morgan fingerprint density at radius 2 is 0.628 bits per heavy atom. The van der Waals surface area contributed by atoms with Crippen LogP contribution in [0, 0.1) is 40.7 Å². The summed E-state index contributed by atoms with van der Waals surface area (Å²) in [7, 11) is 0. The fraction of sp³-hybridized carbons (Fsp3) is 0. The molecule has 0 saturated carbocycles. The van der Waals surface area contributed by atoms with Gasteiger partial charge in [0.1, 0.15) is 0 Å². The third kappa shape index (κ3) is 3.91. The molecule has 0 fully saturated rings. The zero-order chi connectivity index (χ0) is 30.0. The average molecular weight is 583 g/mol. The van der Waals surface area contributed by atoms with E-state index < -0.39 is 57.1 Å². The molecule has 7 heteroatoms. The molecule has 0 nitrogen and oxygen atoms in total. The van der Waals surface area contributed by atoms with Crippen molar-refractivity contribution in [3.05, 3.63) is 144 Å². The minimum atomic E-state index is -2.33. The first-order valence-corrected chi connectivity index (χ1v) is 13.2. The minimum Gasteiger partial charge on any atom is -0.203 e. The van der Waals surface area contributed by atoms with E-state index in [1.165, 1.54) is 0 Å². The molecule has 0 bridgehead atoms. The number of hydrogen-bond donors (Lipinski definition) is 0. The Morgan fingerprint density at radius 3 is 1.14 bits per heavy atom. The quantitative estimate of drug-likeness (QED) is 0.0842. The minimum absolute atomic E-state index is 0.124. The van der Waals surface area contributed by atoms with Crippen LogP contribution in [0.1, 0.15) is 0 Å². The number of rotatable bonds is 3. The molecule has 0 aliphatic rings. The van der Waals surface area contributed by atoms with Gasteiger partial charge in [0, 0.05) is 16.5 Å². The van der Waals surface area contributed by atoms with Crippen LogP contribution in [0.5, 0.6) is 0 Å². The Bertz CT molecular complexity index is 2170. The highest BCUT2D eigenvalue weighted by molar-refractivity contribution is 6.23. The molecule has 0 aliphatic carbocycles. The van der Waals surface area contributed by atoms with E-state index in [1.54, 1.807) is 48.5 Å². The van der Waals surface area contributed by atoms with Crippen molar-refractivity contribution >= 4 is 32.3 Å². The van der Waals surface area contributed by atoms with Crippen LogP contribution in [0.15, 0.2) is 103 Å². The summed E-state index contributed by atoms with van der Waals surface area (Å²) in [4.78, 5) is 0. The first-order valence-electron chi connectivity index (χ1n) is 13.2. The van der Waals surface area contributed by atoms with Gasteiger partial charge in [-0.25, -0.2) is 30.7 Å². The Hall–Kier alpha value is -5.17. The van der Waals surface area contributed by atoms with E-state index >= 15 is 13.2 Å². The van der Waals surface area contributed by atoms with Gasteiger partial charge in [-0.05, 0) is 43.8 Å². The Kier molecular flexibility index (Phi) is 6.20. The SMILES string of the molecule is Fc1c(F)c(F)c2c(-c3c4ccccc4c(-c4ccc(-c5ccccc5)cc4)c4ccccc34)c(F)c(F)c(F)c2c1F. The standard InChI is InChI=1S/C36H17F7/c37-30-27(28-29(32(39)34(30)41)33(40)36(43)35(42)31(28)38)26-23-12-6-4-10-21(23)25(22-11-5-7-13-24(22)26)20-16-14-19(15-17-20)18-8-2-1-3-9-18/h1-17H. The number of hydrogen-bond acceptors (Lipinski definition) is 0. The van der Waals surface area contributed by atoms with Crippen LogP contribution in [0.25, 0.3) is 65.7 Å². The van der Waals surface area contributed by atoms with Crippen LogP contribution < -0.4 is 0 Å². The average Bonchev–Trinajstić information content (AvgIpc) is 3.05. The van der Waals surface area contributed by atoms with E-state index in [0.29, 0.717) is 16.3 Å². The largest absolute Gasteiger partial charge is 0.203 e. The van der Waals surface area contributed by atoms with Crippen LogP contribution in [-0.2, 0) is 0 Å². The molecule has 0 N–H and O–H groups in total. The number of benzene rings is 7. The van der Waals surface area contributed by atoms with Gasteiger partial charge < -0.3 is 0 Å². The van der Waals surface area contributed by atoms with Crippen molar-refractivity contribution in [3.8, 4) is 33.4 Å². The molecule has 0 heterocycles. The molecule has 0 aromatic heterocycles. The molecule has 0 spiro atoms. The Labute approximate surface area is 240 Å². The van der Waals surface area contributed by atoms with Gasteiger partial charge in [0.25, 0.3) is 0 Å². The van der Waals surface area contributed by atoms with Crippen LogP contribution in [0.3, 0.4) is 0 Å². The molecule has 0 aliphatic heterocycles. The van der Waals surface area contributed by atoms with E-state index in [2.05, 4.69) is 0 Å². The van der Waals surface area contributed by atoms with Crippen molar-refractivity contribution in [1.29, 1.82) is 0 Å². The van der Waals surface area contributed by atoms with E-state index in [4.69, 9.17) is 0 Å². The first kappa shape index (κ1) is 26.7. The van der Waals surface area contributed by atoms with Crippen molar-refractivity contribution < 1.29 is 30.7 Å². The maximum absolute atomic E-state index is 15.8. The summed E-state index contributed by atoms with van der Waals surface area (Å²) in [5.74, 6) is -14.9. The lowest BCUT2D eigenvalue weighted by atomic mass is 9.84. The molecular weight excluding hydrogens is 565 g/mol. The molecule has 210 valence electrons. The van der Waals surface area contributed by atoms with Gasteiger partial charge >= 0.3 is 0 Å². The van der Waals surface area contributed by atoms with Gasteiger partial charge in [-0.1, -0.05) is 103 Å². The van der Waals surface area contributed by atoms with Gasteiger partial charge in [-0.3, -0.25) is 0 Å². The monoisotopic (exact) mass is 582 g/mol. The molecule has 0 radical (unpaired) electrons. The zero-order valence-electron chi connectivity index (χ0n) is 22.0. The summed E-state index contributed by atoms with van der Waals surface area (Å²) < 4.78 is 105. The van der Waals surface area contributed by atoms with Gasteiger partial charge in [0.05, 0.1) is 5.39 Å². The molecular formula is C36H17F7. The Morgan fingerprint density at radius 1 is 0.256 bits per heavy atom.